The predicted molar refractivity (Wildman–Crippen MR) is 98.6 cm³/mol. The second-order valence-electron chi connectivity index (χ2n) is 6.61. The van der Waals surface area contributed by atoms with E-state index < -0.39 is 10.0 Å². The number of hydrogen-bond acceptors (Lipinski definition) is 5. The van der Waals surface area contributed by atoms with Crippen LogP contribution in [0.15, 0.2) is 23.1 Å². The Morgan fingerprint density at radius 3 is 2.20 bits per heavy atom. The Balaban J connectivity index is 1.53. The summed E-state index contributed by atoms with van der Waals surface area (Å²) in [7, 11) is -3.44. The Bertz CT molecular complexity index is 684. The lowest BCUT2D eigenvalue weighted by molar-refractivity contribution is 0.0317. The topological polar surface area (TPSA) is 53.1 Å². The van der Waals surface area contributed by atoms with Crippen molar-refractivity contribution < 1.29 is 13.2 Å². The third-order valence-electron chi connectivity index (χ3n) is 4.93. The van der Waals surface area contributed by atoms with Crippen LogP contribution in [0, 0.1) is 6.92 Å². The van der Waals surface area contributed by atoms with Gasteiger partial charge in [-0.1, -0.05) is 11.6 Å². The SMILES string of the molecule is Cc1cc(S(=O)(=O)N2CCN(CCN3CCOCC3)CC2)ccc1Cl. The molecule has 0 aromatic heterocycles. The van der Waals surface area contributed by atoms with Crippen molar-refractivity contribution in [1.82, 2.24) is 14.1 Å². The lowest BCUT2D eigenvalue weighted by Gasteiger charge is -2.35. The van der Waals surface area contributed by atoms with Gasteiger partial charge in [-0.25, -0.2) is 8.42 Å². The summed E-state index contributed by atoms with van der Waals surface area (Å²) in [6, 6.07) is 4.90. The third-order valence-corrected chi connectivity index (χ3v) is 7.25. The van der Waals surface area contributed by atoms with Crippen molar-refractivity contribution in [2.24, 2.45) is 0 Å². The zero-order chi connectivity index (χ0) is 17.9. The number of rotatable bonds is 5. The molecule has 0 amide bonds. The molecule has 0 saturated carbocycles. The first-order valence-electron chi connectivity index (χ1n) is 8.75. The lowest BCUT2D eigenvalue weighted by Crippen LogP contribution is -2.50. The summed E-state index contributed by atoms with van der Waals surface area (Å²) in [5.74, 6) is 0. The summed E-state index contributed by atoms with van der Waals surface area (Å²) in [6.45, 7) is 10.0. The van der Waals surface area contributed by atoms with Gasteiger partial charge in [0.15, 0.2) is 0 Å². The summed E-state index contributed by atoms with van der Waals surface area (Å²) in [5, 5.41) is 0.590. The molecular weight excluding hydrogens is 362 g/mol. The van der Waals surface area contributed by atoms with E-state index in [-0.39, 0.29) is 0 Å². The van der Waals surface area contributed by atoms with Crippen molar-refractivity contribution in [3.05, 3.63) is 28.8 Å². The highest BCUT2D eigenvalue weighted by atomic mass is 35.5. The van der Waals surface area contributed by atoms with E-state index in [0.29, 0.717) is 23.0 Å². The second kappa shape index (κ2) is 8.33. The van der Waals surface area contributed by atoms with Gasteiger partial charge < -0.3 is 4.74 Å². The quantitative estimate of drug-likeness (QED) is 0.762. The molecule has 8 heteroatoms. The van der Waals surface area contributed by atoms with Crippen LogP contribution >= 0.6 is 11.6 Å². The van der Waals surface area contributed by atoms with Gasteiger partial charge >= 0.3 is 0 Å². The van der Waals surface area contributed by atoms with Crippen LogP contribution in [0.5, 0.6) is 0 Å². The van der Waals surface area contributed by atoms with Gasteiger partial charge in [-0.3, -0.25) is 9.80 Å². The van der Waals surface area contributed by atoms with Gasteiger partial charge in [-0.05, 0) is 30.7 Å². The van der Waals surface area contributed by atoms with Crippen LogP contribution in [0.1, 0.15) is 5.56 Å². The number of morpholine rings is 1. The van der Waals surface area contributed by atoms with E-state index in [1.165, 1.54) is 0 Å². The molecule has 0 unspecified atom stereocenters. The smallest absolute Gasteiger partial charge is 0.243 e. The molecule has 6 nitrogen and oxygen atoms in total. The molecule has 1 aromatic rings. The summed E-state index contributed by atoms with van der Waals surface area (Å²) < 4.78 is 32.6. The van der Waals surface area contributed by atoms with Crippen LogP contribution in [-0.4, -0.2) is 88.1 Å². The third kappa shape index (κ3) is 4.72. The van der Waals surface area contributed by atoms with E-state index >= 15 is 0 Å². The highest BCUT2D eigenvalue weighted by Crippen LogP contribution is 2.23. The molecular formula is C17H26ClN3O3S. The molecule has 0 spiro atoms. The number of sulfonamides is 1. The molecule has 0 atom stereocenters. The predicted octanol–water partition coefficient (Wildman–Crippen LogP) is 1.29. The van der Waals surface area contributed by atoms with Crippen molar-refractivity contribution in [1.29, 1.82) is 0 Å². The fourth-order valence-electron chi connectivity index (χ4n) is 3.23. The number of halogens is 1. The summed E-state index contributed by atoms with van der Waals surface area (Å²) in [5.41, 5.74) is 0.784. The number of nitrogens with zero attached hydrogens (tertiary/aromatic N) is 3. The number of benzene rings is 1. The Hall–Kier alpha value is -0.700. The minimum absolute atomic E-state index is 0.330. The van der Waals surface area contributed by atoms with E-state index in [2.05, 4.69) is 9.80 Å². The molecule has 0 bridgehead atoms. The first-order chi connectivity index (χ1) is 12.0. The summed E-state index contributed by atoms with van der Waals surface area (Å²) in [6.07, 6.45) is 0. The van der Waals surface area contributed by atoms with Crippen molar-refractivity contribution in [3.63, 3.8) is 0 Å². The highest BCUT2D eigenvalue weighted by molar-refractivity contribution is 7.89. The van der Waals surface area contributed by atoms with Gasteiger partial charge in [-0.2, -0.15) is 4.31 Å². The maximum atomic E-state index is 12.8. The Morgan fingerprint density at radius 2 is 1.60 bits per heavy atom. The fraction of sp³-hybridized carbons (Fsp3) is 0.647. The second-order valence-corrected chi connectivity index (χ2v) is 8.96. The molecule has 2 fully saturated rings. The van der Waals surface area contributed by atoms with Crippen LogP contribution < -0.4 is 0 Å². The van der Waals surface area contributed by atoms with Gasteiger partial charge in [0.05, 0.1) is 18.1 Å². The van der Waals surface area contributed by atoms with E-state index in [4.69, 9.17) is 16.3 Å². The zero-order valence-corrected chi connectivity index (χ0v) is 16.2. The Labute approximate surface area is 155 Å². The van der Waals surface area contributed by atoms with Gasteiger partial charge in [0.1, 0.15) is 0 Å². The minimum Gasteiger partial charge on any atom is -0.379 e. The summed E-state index contributed by atoms with van der Waals surface area (Å²) >= 11 is 6.01. The first kappa shape index (κ1) is 19.1. The van der Waals surface area contributed by atoms with Crippen molar-refractivity contribution in [2.75, 3.05) is 65.6 Å². The van der Waals surface area contributed by atoms with E-state index in [1.807, 2.05) is 6.92 Å². The lowest BCUT2D eigenvalue weighted by atomic mass is 10.2. The van der Waals surface area contributed by atoms with Crippen LogP contribution in [0.25, 0.3) is 0 Å². The Kier molecular flexibility index (Phi) is 6.35. The molecule has 2 heterocycles. The van der Waals surface area contributed by atoms with Crippen molar-refractivity contribution in [2.45, 2.75) is 11.8 Å². The highest BCUT2D eigenvalue weighted by Gasteiger charge is 2.28. The molecule has 2 saturated heterocycles. The van der Waals surface area contributed by atoms with E-state index in [0.717, 1.165) is 58.0 Å². The largest absolute Gasteiger partial charge is 0.379 e. The number of piperazine rings is 1. The molecule has 0 N–H and O–H groups in total. The molecule has 0 aliphatic carbocycles. The van der Waals surface area contributed by atoms with Gasteiger partial charge in [0, 0.05) is 57.4 Å². The summed E-state index contributed by atoms with van der Waals surface area (Å²) in [4.78, 5) is 5.08. The maximum Gasteiger partial charge on any atom is 0.243 e. The molecule has 0 radical (unpaired) electrons. The molecule has 2 aliphatic rings. The normalized spacial score (nSPS) is 21.5. The minimum atomic E-state index is -3.44. The zero-order valence-electron chi connectivity index (χ0n) is 14.7. The van der Waals surface area contributed by atoms with Gasteiger partial charge in [-0.15, -0.1) is 0 Å². The molecule has 2 aliphatic heterocycles. The number of aryl methyl sites for hydroxylation is 1. The maximum absolute atomic E-state index is 12.8. The Morgan fingerprint density at radius 1 is 1.00 bits per heavy atom. The van der Waals surface area contributed by atoms with Gasteiger partial charge in [0.25, 0.3) is 0 Å². The average Bonchev–Trinajstić information content (AvgIpc) is 2.63. The van der Waals surface area contributed by atoms with Crippen LogP contribution in [-0.2, 0) is 14.8 Å². The standard InChI is InChI=1S/C17H26ClN3O3S/c1-15-14-16(2-3-17(15)18)25(22,23)21-8-6-19(7-9-21)4-5-20-10-12-24-13-11-20/h2-3,14H,4-13H2,1H3. The van der Waals surface area contributed by atoms with Crippen molar-refractivity contribution >= 4 is 21.6 Å². The van der Waals surface area contributed by atoms with E-state index in [1.54, 1.807) is 22.5 Å². The number of hydrogen-bond donors (Lipinski definition) is 0. The molecule has 140 valence electrons. The first-order valence-corrected chi connectivity index (χ1v) is 10.6. The van der Waals surface area contributed by atoms with Gasteiger partial charge in [0.2, 0.25) is 10.0 Å². The van der Waals surface area contributed by atoms with E-state index in [9.17, 15) is 8.42 Å². The van der Waals surface area contributed by atoms with Crippen molar-refractivity contribution in [3.8, 4) is 0 Å². The molecule has 25 heavy (non-hydrogen) atoms. The molecule has 3 rings (SSSR count). The average molecular weight is 388 g/mol. The molecule has 1 aromatic carbocycles. The van der Waals surface area contributed by atoms with Crippen LogP contribution in [0.4, 0.5) is 0 Å². The van der Waals surface area contributed by atoms with Crippen LogP contribution in [0.2, 0.25) is 5.02 Å². The van der Waals surface area contributed by atoms with Crippen LogP contribution in [0.3, 0.4) is 0 Å². The monoisotopic (exact) mass is 387 g/mol. The number of ether oxygens (including phenoxy) is 1. The fourth-order valence-corrected chi connectivity index (χ4v) is 4.85.